The molecule has 1 heterocycles. The van der Waals surface area contributed by atoms with Gasteiger partial charge in [0.05, 0.1) is 18.2 Å². The second-order valence-corrected chi connectivity index (χ2v) is 5.99. The molecule has 0 aliphatic heterocycles. The van der Waals surface area contributed by atoms with Crippen LogP contribution >= 0.6 is 0 Å². The zero-order chi connectivity index (χ0) is 13.3. The third kappa shape index (κ3) is 2.81. The molecule has 0 bridgehead atoms. The summed E-state index contributed by atoms with van der Waals surface area (Å²) in [5.41, 5.74) is 1.65. The lowest BCUT2D eigenvalue weighted by Gasteiger charge is -2.26. The Kier molecular flexibility index (Phi) is 3.31. The molecule has 1 fully saturated rings. The van der Waals surface area contributed by atoms with Crippen molar-refractivity contribution in [3.8, 4) is 0 Å². The number of aromatic nitrogens is 2. The first kappa shape index (κ1) is 12.7. The molecule has 3 N–H and O–H groups in total. The van der Waals surface area contributed by atoms with Crippen LogP contribution in [-0.2, 0) is 17.6 Å². The summed E-state index contributed by atoms with van der Waals surface area (Å²) in [7, 11) is 0. The molecule has 1 saturated carbocycles. The second-order valence-electron chi connectivity index (χ2n) is 5.99. The molecule has 5 nitrogen and oxygen atoms in total. The molecule has 0 radical (unpaired) electrons. The first-order valence-electron chi connectivity index (χ1n) is 7.17. The minimum Gasteiger partial charge on any atom is -0.389 e. The van der Waals surface area contributed by atoms with E-state index in [0.29, 0.717) is 0 Å². The number of carbonyl (C=O) groups excluding carboxylic acids is 1. The summed E-state index contributed by atoms with van der Waals surface area (Å²) in [5.74, 6) is -0.0126. The van der Waals surface area contributed by atoms with Crippen LogP contribution in [0.15, 0.2) is 6.20 Å². The Morgan fingerprint density at radius 3 is 3.11 bits per heavy atom. The highest BCUT2D eigenvalue weighted by Crippen LogP contribution is 2.32. The molecule has 2 aliphatic rings. The predicted octanol–water partition coefficient (Wildman–Crippen LogP) is 1.08. The zero-order valence-corrected chi connectivity index (χ0v) is 11.1. The van der Waals surface area contributed by atoms with Gasteiger partial charge in [0.2, 0.25) is 5.91 Å². The number of hydrogen-bond donors (Lipinski definition) is 3. The molecule has 2 aliphatic carbocycles. The molecular formula is C14H21N3O2. The number of H-pyrrole nitrogens is 1. The van der Waals surface area contributed by atoms with E-state index in [4.69, 9.17) is 0 Å². The normalized spacial score (nSPS) is 25.0. The number of fused-ring (bicyclic) bond motifs is 1. The van der Waals surface area contributed by atoms with E-state index in [9.17, 15) is 9.90 Å². The van der Waals surface area contributed by atoms with Gasteiger partial charge < -0.3 is 10.4 Å². The van der Waals surface area contributed by atoms with Gasteiger partial charge in [-0.15, -0.1) is 0 Å². The molecule has 1 aromatic heterocycles. The van der Waals surface area contributed by atoms with Crippen LogP contribution in [0.4, 0.5) is 0 Å². The van der Waals surface area contributed by atoms with E-state index in [2.05, 4.69) is 15.5 Å². The summed E-state index contributed by atoms with van der Waals surface area (Å²) in [4.78, 5) is 12.0. The molecule has 19 heavy (non-hydrogen) atoms. The molecule has 104 valence electrons. The smallest absolute Gasteiger partial charge is 0.223 e. The van der Waals surface area contributed by atoms with Crippen LogP contribution in [0.2, 0.25) is 0 Å². The van der Waals surface area contributed by atoms with Crippen molar-refractivity contribution in [2.75, 3.05) is 0 Å². The van der Waals surface area contributed by atoms with Gasteiger partial charge in [0, 0.05) is 11.7 Å². The standard InChI is InChI=1S/C14H21N3O2/c18-13(8-14(19)5-1-2-6-14)16-11-3-4-12-10(7-11)9-15-17-12/h9,11,19H,1-8H2,(H,15,17)(H,16,18). The molecule has 1 atom stereocenters. The number of carbonyl (C=O) groups is 1. The quantitative estimate of drug-likeness (QED) is 0.763. The Labute approximate surface area is 112 Å². The maximum Gasteiger partial charge on any atom is 0.223 e. The Morgan fingerprint density at radius 2 is 2.32 bits per heavy atom. The van der Waals surface area contributed by atoms with E-state index in [-0.39, 0.29) is 18.4 Å². The highest BCUT2D eigenvalue weighted by atomic mass is 16.3. The van der Waals surface area contributed by atoms with Crippen LogP contribution in [0.3, 0.4) is 0 Å². The highest BCUT2D eigenvalue weighted by molar-refractivity contribution is 5.77. The third-order valence-electron chi connectivity index (χ3n) is 4.41. The van der Waals surface area contributed by atoms with Crippen molar-refractivity contribution < 1.29 is 9.90 Å². The number of nitrogens with zero attached hydrogens (tertiary/aromatic N) is 1. The van der Waals surface area contributed by atoms with Gasteiger partial charge in [-0.05, 0) is 37.7 Å². The Bertz CT molecular complexity index is 463. The summed E-state index contributed by atoms with van der Waals surface area (Å²) in [6.45, 7) is 0. The minimum atomic E-state index is -0.750. The number of rotatable bonds is 3. The molecule has 0 aromatic carbocycles. The highest BCUT2D eigenvalue weighted by Gasteiger charge is 2.34. The summed E-state index contributed by atoms with van der Waals surface area (Å²) in [5, 5.41) is 20.3. The number of aromatic amines is 1. The van der Waals surface area contributed by atoms with E-state index in [1.54, 1.807) is 0 Å². The fraction of sp³-hybridized carbons (Fsp3) is 0.714. The molecule has 0 saturated heterocycles. The fourth-order valence-corrected chi connectivity index (χ4v) is 3.33. The topological polar surface area (TPSA) is 78.0 Å². The largest absolute Gasteiger partial charge is 0.389 e. The zero-order valence-electron chi connectivity index (χ0n) is 11.1. The van der Waals surface area contributed by atoms with Gasteiger partial charge in [0.25, 0.3) is 0 Å². The fourth-order valence-electron chi connectivity index (χ4n) is 3.33. The molecule has 1 aromatic rings. The van der Waals surface area contributed by atoms with Crippen LogP contribution in [0, 0.1) is 0 Å². The number of aliphatic hydroxyl groups is 1. The first-order chi connectivity index (χ1) is 9.15. The monoisotopic (exact) mass is 263 g/mol. The van der Waals surface area contributed by atoms with Gasteiger partial charge in [-0.1, -0.05) is 12.8 Å². The van der Waals surface area contributed by atoms with E-state index in [1.165, 1.54) is 11.3 Å². The first-order valence-corrected chi connectivity index (χ1v) is 7.17. The van der Waals surface area contributed by atoms with E-state index in [0.717, 1.165) is 44.9 Å². The Hall–Kier alpha value is -1.36. The van der Waals surface area contributed by atoms with Crippen molar-refractivity contribution in [3.05, 3.63) is 17.5 Å². The molecule has 1 unspecified atom stereocenters. The maximum absolute atomic E-state index is 12.0. The van der Waals surface area contributed by atoms with E-state index < -0.39 is 5.60 Å². The minimum absolute atomic E-state index is 0.0126. The van der Waals surface area contributed by atoms with Gasteiger partial charge in [-0.2, -0.15) is 5.10 Å². The van der Waals surface area contributed by atoms with Crippen molar-refractivity contribution in [1.82, 2.24) is 15.5 Å². The van der Waals surface area contributed by atoms with Crippen molar-refractivity contribution in [2.45, 2.75) is 63.0 Å². The Morgan fingerprint density at radius 1 is 1.53 bits per heavy atom. The number of aryl methyl sites for hydroxylation is 1. The molecule has 0 spiro atoms. The molecule has 3 rings (SSSR count). The lowest BCUT2D eigenvalue weighted by Crippen LogP contribution is -2.42. The SMILES string of the molecule is O=C(CC1(O)CCCC1)NC1CCc2[nH]ncc2C1. The average Bonchev–Trinajstić information content (AvgIpc) is 2.97. The second kappa shape index (κ2) is 4.96. The van der Waals surface area contributed by atoms with Crippen LogP contribution < -0.4 is 5.32 Å². The van der Waals surface area contributed by atoms with Gasteiger partial charge in [0.1, 0.15) is 0 Å². The van der Waals surface area contributed by atoms with Crippen LogP contribution in [0.1, 0.15) is 49.8 Å². The van der Waals surface area contributed by atoms with Crippen LogP contribution in [0.25, 0.3) is 0 Å². The summed E-state index contributed by atoms with van der Waals surface area (Å²) in [6.07, 6.45) is 8.41. The molecular weight excluding hydrogens is 242 g/mol. The van der Waals surface area contributed by atoms with Crippen LogP contribution in [-0.4, -0.2) is 32.9 Å². The molecule has 5 heteroatoms. The van der Waals surface area contributed by atoms with Crippen molar-refractivity contribution in [1.29, 1.82) is 0 Å². The maximum atomic E-state index is 12.0. The van der Waals surface area contributed by atoms with Gasteiger partial charge in [-0.3, -0.25) is 9.89 Å². The van der Waals surface area contributed by atoms with Gasteiger partial charge in [0.15, 0.2) is 0 Å². The predicted molar refractivity (Wildman–Crippen MR) is 70.6 cm³/mol. The van der Waals surface area contributed by atoms with E-state index in [1.807, 2.05) is 6.20 Å². The van der Waals surface area contributed by atoms with Crippen LogP contribution in [0.5, 0.6) is 0 Å². The van der Waals surface area contributed by atoms with Crippen molar-refractivity contribution in [2.24, 2.45) is 0 Å². The van der Waals surface area contributed by atoms with E-state index >= 15 is 0 Å². The average molecular weight is 263 g/mol. The Balaban J connectivity index is 1.53. The number of hydrogen-bond acceptors (Lipinski definition) is 3. The van der Waals surface area contributed by atoms with Gasteiger partial charge in [-0.25, -0.2) is 0 Å². The van der Waals surface area contributed by atoms with Crippen molar-refractivity contribution in [3.63, 3.8) is 0 Å². The third-order valence-corrected chi connectivity index (χ3v) is 4.41. The molecule has 1 amide bonds. The lowest BCUT2D eigenvalue weighted by molar-refractivity contribution is -0.126. The lowest BCUT2D eigenvalue weighted by atomic mass is 9.92. The van der Waals surface area contributed by atoms with Crippen molar-refractivity contribution >= 4 is 5.91 Å². The number of amides is 1. The number of nitrogens with one attached hydrogen (secondary N) is 2. The summed E-state index contributed by atoms with van der Waals surface area (Å²) in [6, 6.07) is 0.183. The van der Waals surface area contributed by atoms with Gasteiger partial charge >= 0.3 is 0 Å². The summed E-state index contributed by atoms with van der Waals surface area (Å²) < 4.78 is 0. The summed E-state index contributed by atoms with van der Waals surface area (Å²) >= 11 is 0.